The molecule has 11 heteroatoms. The third kappa shape index (κ3) is 4.94. The molecule has 3 amide bonds. The first-order valence-electron chi connectivity index (χ1n) is 7.44. The van der Waals surface area contributed by atoms with Crippen LogP contribution in [0.3, 0.4) is 0 Å². The number of hydrogen-bond donors (Lipinski definition) is 5. The summed E-state index contributed by atoms with van der Waals surface area (Å²) in [6, 6.07) is 4.65. The van der Waals surface area contributed by atoms with Crippen molar-refractivity contribution in [2.45, 2.75) is 12.8 Å². The summed E-state index contributed by atoms with van der Waals surface area (Å²) in [7, 11) is 0. The Morgan fingerprint density at radius 1 is 1.15 bits per heavy atom. The van der Waals surface area contributed by atoms with Crippen LogP contribution in [0, 0.1) is 0 Å². The molecule has 1 heterocycles. The van der Waals surface area contributed by atoms with Crippen LogP contribution < -0.4 is 16.1 Å². The summed E-state index contributed by atoms with van der Waals surface area (Å²) < 4.78 is 0. The minimum atomic E-state index is -0.587. The number of carbonyl (C=O) groups is 3. The van der Waals surface area contributed by atoms with Crippen LogP contribution in [0.4, 0.5) is 5.69 Å². The van der Waals surface area contributed by atoms with E-state index in [1.807, 2.05) is 0 Å². The lowest BCUT2D eigenvalue weighted by molar-refractivity contribution is -0.129. The average molecular weight is 400 g/mol. The highest BCUT2D eigenvalue weighted by Crippen LogP contribution is 2.25. The van der Waals surface area contributed by atoms with Crippen molar-refractivity contribution in [1.29, 1.82) is 0 Å². The molecule has 138 valence electrons. The van der Waals surface area contributed by atoms with E-state index in [1.54, 1.807) is 6.07 Å². The van der Waals surface area contributed by atoms with Gasteiger partial charge in [0.25, 0.3) is 11.8 Å². The summed E-state index contributed by atoms with van der Waals surface area (Å²) >= 11 is 12.0. The number of aromatic amines is 1. The summed E-state index contributed by atoms with van der Waals surface area (Å²) in [6.07, 6.45) is 1.65. The second-order valence-electron chi connectivity index (χ2n) is 5.10. The molecule has 2 aromatic rings. The highest BCUT2D eigenvalue weighted by Gasteiger charge is 2.19. The van der Waals surface area contributed by atoms with E-state index in [1.165, 1.54) is 23.8 Å². The number of carbonyl (C=O) groups excluding carboxylic acids is 3. The number of aromatic nitrogens is 2. The van der Waals surface area contributed by atoms with E-state index in [2.05, 4.69) is 20.8 Å². The Bertz CT molecular complexity index is 804. The zero-order valence-corrected chi connectivity index (χ0v) is 14.8. The second kappa shape index (κ2) is 9.18. The zero-order valence-electron chi connectivity index (χ0n) is 13.3. The van der Waals surface area contributed by atoms with Crippen LogP contribution in [0.2, 0.25) is 10.0 Å². The average Bonchev–Trinajstić information content (AvgIpc) is 3.06. The maximum Gasteiger partial charge on any atom is 0.271 e. The second-order valence-corrected chi connectivity index (χ2v) is 5.92. The van der Waals surface area contributed by atoms with Crippen LogP contribution in [-0.2, 0) is 4.79 Å². The number of benzene rings is 1. The molecule has 0 saturated carbocycles. The minimum Gasteiger partial charge on any atom is -0.351 e. The van der Waals surface area contributed by atoms with Gasteiger partial charge < -0.3 is 10.6 Å². The Labute approximate surface area is 158 Å². The third-order valence-electron chi connectivity index (χ3n) is 3.30. The fraction of sp³-hybridized carbons (Fsp3) is 0.200. The molecule has 9 nitrogen and oxygen atoms in total. The Morgan fingerprint density at radius 2 is 1.85 bits per heavy atom. The smallest absolute Gasteiger partial charge is 0.271 e. The summed E-state index contributed by atoms with van der Waals surface area (Å²) in [4.78, 5) is 35.4. The lowest BCUT2D eigenvalue weighted by atomic mass is 10.2. The first kappa shape index (κ1) is 19.7. The van der Waals surface area contributed by atoms with E-state index in [9.17, 15) is 14.4 Å². The van der Waals surface area contributed by atoms with Gasteiger partial charge in [0.2, 0.25) is 5.91 Å². The summed E-state index contributed by atoms with van der Waals surface area (Å²) in [6.45, 7) is 0.189. The van der Waals surface area contributed by atoms with Gasteiger partial charge in [0.05, 0.1) is 27.5 Å². The fourth-order valence-corrected chi connectivity index (χ4v) is 2.62. The number of hydroxylamine groups is 1. The van der Waals surface area contributed by atoms with E-state index >= 15 is 0 Å². The van der Waals surface area contributed by atoms with Gasteiger partial charge in [-0.25, -0.2) is 5.48 Å². The number of amides is 3. The number of nitrogens with one attached hydrogen (secondary N) is 4. The normalized spacial score (nSPS) is 10.3. The minimum absolute atomic E-state index is 0.0353. The van der Waals surface area contributed by atoms with Gasteiger partial charge in [0.15, 0.2) is 0 Å². The van der Waals surface area contributed by atoms with E-state index < -0.39 is 17.7 Å². The molecular weight excluding hydrogens is 385 g/mol. The fourth-order valence-electron chi connectivity index (χ4n) is 2.05. The monoisotopic (exact) mass is 399 g/mol. The molecule has 1 aromatic heterocycles. The van der Waals surface area contributed by atoms with Crippen LogP contribution in [-0.4, -0.2) is 39.7 Å². The molecule has 0 saturated heterocycles. The zero-order chi connectivity index (χ0) is 19.1. The van der Waals surface area contributed by atoms with Crippen LogP contribution in [0.1, 0.15) is 33.7 Å². The molecule has 0 fully saturated rings. The van der Waals surface area contributed by atoms with Crippen molar-refractivity contribution >= 4 is 46.6 Å². The molecule has 0 unspecified atom stereocenters. The standard InChI is InChI=1S/C15H15Cl2N5O4/c16-8-3-1-4-9(17)12(8)14(24)20-10-7-19-21-13(10)15(25)18-6-2-5-11(23)22-26/h1,3-4,7,26H,2,5-6H2,(H,18,25)(H,19,21)(H,20,24)(H,22,23). The molecule has 1 aromatic carbocycles. The Balaban J connectivity index is 2.00. The van der Waals surface area contributed by atoms with Gasteiger partial charge in [0.1, 0.15) is 5.69 Å². The predicted molar refractivity (Wildman–Crippen MR) is 94.5 cm³/mol. The summed E-state index contributed by atoms with van der Waals surface area (Å²) in [5.74, 6) is -1.66. The van der Waals surface area contributed by atoms with Crippen molar-refractivity contribution in [3.8, 4) is 0 Å². The van der Waals surface area contributed by atoms with Crippen LogP contribution >= 0.6 is 23.2 Å². The Kier molecular flexibility index (Phi) is 6.96. The first-order chi connectivity index (χ1) is 12.4. The first-order valence-corrected chi connectivity index (χ1v) is 8.19. The van der Waals surface area contributed by atoms with Crippen molar-refractivity contribution < 1.29 is 19.6 Å². The molecule has 0 radical (unpaired) electrons. The summed E-state index contributed by atoms with van der Waals surface area (Å²) in [5.41, 5.74) is 1.77. The largest absolute Gasteiger partial charge is 0.351 e. The molecular formula is C15H15Cl2N5O4. The van der Waals surface area contributed by atoms with E-state index in [-0.39, 0.29) is 40.0 Å². The number of H-pyrrole nitrogens is 1. The van der Waals surface area contributed by atoms with Gasteiger partial charge >= 0.3 is 0 Å². The number of rotatable bonds is 7. The van der Waals surface area contributed by atoms with Gasteiger partial charge in [-0.15, -0.1) is 0 Å². The molecule has 0 aliphatic rings. The highest BCUT2D eigenvalue weighted by atomic mass is 35.5. The number of nitrogens with zero attached hydrogens (tertiary/aromatic N) is 1. The van der Waals surface area contributed by atoms with Gasteiger partial charge in [-0.05, 0) is 18.6 Å². The molecule has 2 rings (SSSR count). The van der Waals surface area contributed by atoms with Crippen molar-refractivity contribution in [3.05, 3.63) is 45.7 Å². The molecule has 0 bridgehead atoms. The highest BCUT2D eigenvalue weighted by molar-refractivity contribution is 6.40. The van der Waals surface area contributed by atoms with Gasteiger partial charge in [-0.3, -0.25) is 24.7 Å². The maximum atomic E-state index is 12.4. The predicted octanol–water partition coefficient (Wildman–Crippen LogP) is 1.98. The third-order valence-corrected chi connectivity index (χ3v) is 3.93. The lowest BCUT2D eigenvalue weighted by Gasteiger charge is -2.09. The summed E-state index contributed by atoms with van der Waals surface area (Å²) in [5, 5.41) is 20.1. The molecule has 26 heavy (non-hydrogen) atoms. The van der Waals surface area contributed by atoms with Gasteiger partial charge in [0, 0.05) is 13.0 Å². The molecule has 0 atom stereocenters. The number of anilines is 1. The van der Waals surface area contributed by atoms with Crippen LogP contribution in [0.5, 0.6) is 0 Å². The SMILES string of the molecule is O=C(CCCNC(=O)c1[nH]ncc1NC(=O)c1c(Cl)cccc1Cl)NO. The molecule has 0 aliphatic heterocycles. The molecule has 0 aliphatic carbocycles. The van der Waals surface area contributed by atoms with Crippen molar-refractivity contribution in [3.63, 3.8) is 0 Å². The number of hydrogen-bond acceptors (Lipinski definition) is 5. The van der Waals surface area contributed by atoms with Crippen LogP contribution in [0.25, 0.3) is 0 Å². The van der Waals surface area contributed by atoms with Gasteiger partial charge in [-0.2, -0.15) is 5.10 Å². The van der Waals surface area contributed by atoms with Crippen LogP contribution in [0.15, 0.2) is 24.4 Å². The van der Waals surface area contributed by atoms with Gasteiger partial charge in [-0.1, -0.05) is 29.3 Å². The van der Waals surface area contributed by atoms with E-state index in [0.29, 0.717) is 6.42 Å². The molecule has 0 spiro atoms. The van der Waals surface area contributed by atoms with Crippen molar-refractivity contribution in [2.75, 3.05) is 11.9 Å². The quantitative estimate of drug-likeness (QED) is 0.275. The molecule has 5 N–H and O–H groups in total. The Hall–Kier alpha value is -2.62. The Morgan fingerprint density at radius 3 is 2.50 bits per heavy atom. The van der Waals surface area contributed by atoms with Crippen molar-refractivity contribution in [2.24, 2.45) is 0 Å². The number of halogens is 2. The van der Waals surface area contributed by atoms with E-state index in [4.69, 9.17) is 28.4 Å². The van der Waals surface area contributed by atoms with E-state index in [0.717, 1.165) is 0 Å². The topological polar surface area (TPSA) is 136 Å². The maximum absolute atomic E-state index is 12.4. The lowest BCUT2D eigenvalue weighted by Crippen LogP contribution is -2.27. The van der Waals surface area contributed by atoms with Crippen molar-refractivity contribution in [1.82, 2.24) is 21.0 Å².